The molecule has 0 aromatic rings. The summed E-state index contributed by atoms with van der Waals surface area (Å²) in [5.41, 5.74) is -1.32. The lowest BCUT2D eigenvalue weighted by atomic mass is 9.64. The Bertz CT molecular complexity index is 183. The van der Waals surface area contributed by atoms with E-state index >= 15 is 0 Å². The first kappa shape index (κ1) is 16.0. The van der Waals surface area contributed by atoms with E-state index in [0.717, 1.165) is 32.1 Å². The van der Waals surface area contributed by atoms with E-state index in [1.807, 2.05) is 6.92 Å². The zero-order valence-corrected chi connectivity index (χ0v) is 11.1. The zero-order valence-electron chi connectivity index (χ0n) is 11.1. The number of hydrogen-bond donors (Lipinski definition) is 2. The Morgan fingerprint density at radius 2 is 1.69 bits per heavy atom. The van der Waals surface area contributed by atoms with Gasteiger partial charge in [-0.25, -0.2) is 0 Å². The molecule has 0 aliphatic rings. The fraction of sp³-hybridized carbons (Fsp3) is 1.00. The van der Waals surface area contributed by atoms with Gasteiger partial charge in [0.05, 0.1) is 0 Å². The van der Waals surface area contributed by atoms with Crippen molar-refractivity contribution in [2.75, 3.05) is 6.61 Å². The monoisotopic (exact) mass is 226 g/mol. The smallest absolute Gasteiger partial charge is 0.113 e. The van der Waals surface area contributed by atoms with Crippen LogP contribution in [0.1, 0.15) is 65.7 Å². The van der Waals surface area contributed by atoms with Gasteiger partial charge in [0.15, 0.2) is 0 Å². The van der Waals surface area contributed by atoms with Gasteiger partial charge in [-0.3, -0.25) is 0 Å². The molecule has 2 atom stereocenters. The van der Waals surface area contributed by atoms with Crippen molar-refractivity contribution in [3.05, 3.63) is 0 Å². The third kappa shape index (κ3) is 5.35. The van der Waals surface area contributed by atoms with Crippen LogP contribution in [0, 0.1) is 5.41 Å². The summed E-state index contributed by atoms with van der Waals surface area (Å²) in [5.74, 6) is 0. The molecule has 2 N–H and O–H groups in total. The van der Waals surface area contributed by atoms with Crippen LogP contribution < -0.4 is 0 Å². The lowest BCUT2D eigenvalue weighted by molar-refractivity contribution is 0.0107. The predicted octanol–water partition coefficient (Wildman–Crippen LogP) is 2.61. The summed E-state index contributed by atoms with van der Waals surface area (Å²) < 4.78 is 0. The van der Waals surface area contributed by atoms with E-state index in [9.17, 15) is 10.2 Å². The molecule has 0 heterocycles. The van der Waals surface area contributed by atoms with Gasteiger partial charge in [-0.05, 0) is 31.1 Å². The van der Waals surface area contributed by atoms with Crippen LogP contribution in [-0.4, -0.2) is 30.2 Å². The van der Waals surface area contributed by atoms with E-state index in [0.29, 0.717) is 12.8 Å². The van der Waals surface area contributed by atoms with Gasteiger partial charge in [-0.2, -0.15) is 0 Å². The molecule has 0 rings (SSSR count). The van der Waals surface area contributed by atoms with Gasteiger partial charge in [-0.15, -0.1) is 0 Å². The van der Waals surface area contributed by atoms with Crippen molar-refractivity contribution in [2.24, 2.45) is 5.41 Å². The van der Waals surface area contributed by atoms with E-state index in [4.69, 9.17) is 7.85 Å². The molecule has 16 heavy (non-hydrogen) atoms. The molecule has 0 saturated carbocycles. The maximum atomic E-state index is 9.98. The number of hydrogen-bond acceptors (Lipinski definition) is 2. The quantitative estimate of drug-likeness (QED) is 0.593. The Morgan fingerprint density at radius 1 is 1.06 bits per heavy atom. The maximum absolute atomic E-state index is 9.98. The minimum Gasteiger partial charge on any atom is -0.400 e. The zero-order chi connectivity index (χ0) is 12.7. The maximum Gasteiger partial charge on any atom is 0.113 e. The molecule has 2 radical (unpaired) electrons. The van der Waals surface area contributed by atoms with Crippen LogP contribution in [0.15, 0.2) is 0 Å². The predicted molar refractivity (Wildman–Crippen MR) is 69.6 cm³/mol. The van der Waals surface area contributed by atoms with Crippen LogP contribution in [0.5, 0.6) is 0 Å². The second-order valence-electron chi connectivity index (χ2n) is 5.15. The third-order valence-corrected chi connectivity index (χ3v) is 3.47. The van der Waals surface area contributed by atoms with Crippen LogP contribution in [0.3, 0.4) is 0 Å². The highest BCUT2D eigenvalue weighted by molar-refractivity contribution is 6.14. The lowest BCUT2D eigenvalue weighted by Crippen LogP contribution is -2.39. The Balaban J connectivity index is 4.60. The standard InChI is InChI=1S/C13H27BO2/c1-4-7-9-12(11-15,8-5-2)10-13(14,16)6-3/h15-16H,4-11H2,1-3H3. The summed E-state index contributed by atoms with van der Waals surface area (Å²) in [6.07, 6.45) is 6.13. The van der Waals surface area contributed by atoms with Gasteiger partial charge < -0.3 is 10.2 Å². The molecule has 0 aliphatic heterocycles. The van der Waals surface area contributed by atoms with Crippen molar-refractivity contribution in [3.8, 4) is 0 Å². The fourth-order valence-electron chi connectivity index (χ4n) is 2.37. The van der Waals surface area contributed by atoms with Crippen LogP contribution >= 0.6 is 0 Å². The highest BCUT2D eigenvalue weighted by Gasteiger charge is 2.34. The molecule has 0 bridgehead atoms. The molecule has 0 amide bonds. The van der Waals surface area contributed by atoms with E-state index in [1.165, 1.54) is 0 Å². The lowest BCUT2D eigenvalue weighted by Gasteiger charge is -2.38. The average Bonchev–Trinajstić information content (AvgIpc) is 2.26. The fourth-order valence-corrected chi connectivity index (χ4v) is 2.37. The molecular weight excluding hydrogens is 199 g/mol. The molecule has 2 nitrogen and oxygen atoms in total. The molecular formula is C13H27BO2. The third-order valence-electron chi connectivity index (χ3n) is 3.47. The van der Waals surface area contributed by atoms with E-state index in [-0.39, 0.29) is 12.0 Å². The second-order valence-corrected chi connectivity index (χ2v) is 5.15. The van der Waals surface area contributed by atoms with E-state index in [2.05, 4.69) is 13.8 Å². The largest absolute Gasteiger partial charge is 0.400 e. The van der Waals surface area contributed by atoms with Crippen molar-refractivity contribution in [1.82, 2.24) is 0 Å². The summed E-state index contributed by atoms with van der Waals surface area (Å²) in [6, 6.07) is 0. The van der Waals surface area contributed by atoms with E-state index in [1.54, 1.807) is 0 Å². The normalized spacial score (nSPS) is 19.1. The molecule has 0 spiro atoms. The Labute approximate surface area is 102 Å². The van der Waals surface area contributed by atoms with Gasteiger partial charge in [0, 0.05) is 12.1 Å². The second kappa shape index (κ2) is 7.34. The molecule has 94 valence electrons. The Kier molecular flexibility index (Phi) is 7.33. The van der Waals surface area contributed by atoms with E-state index < -0.39 is 5.50 Å². The van der Waals surface area contributed by atoms with Gasteiger partial charge in [0.1, 0.15) is 7.85 Å². The van der Waals surface area contributed by atoms with Crippen molar-refractivity contribution < 1.29 is 10.2 Å². The first-order valence-corrected chi connectivity index (χ1v) is 6.57. The number of rotatable bonds is 9. The van der Waals surface area contributed by atoms with Gasteiger partial charge >= 0.3 is 0 Å². The van der Waals surface area contributed by atoms with Crippen LogP contribution in [0.2, 0.25) is 0 Å². The van der Waals surface area contributed by atoms with Gasteiger partial charge in [0.25, 0.3) is 0 Å². The van der Waals surface area contributed by atoms with Crippen molar-refractivity contribution in [1.29, 1.82) is 0 Å². The van der Waals surface area contributed by atoms with Gasteiger partial charge in [-0.1, -0.05) is 40.0 Å². The Hall–Kier alpha value is -0.0151. The number of aliphatic hydroxyl groups is 2. The molecule has 3 heteroatoms. The molecule has 0 fully saturated rings. The summed E-state index contributed by atoms with van der Waals surface area (Å²) >= 11 is 0. The SMILES string of the molecule is [B]C(O)(CC)CC(CO)(CCC)CCCC. The number of aliphatic hydroxyl groups excluding tert-OH is 1. The topological polar surface area (TPSA) is 40.5 Å². The van der Waals surface area contributed by atoms with Crippen LogP contribution in [0.25, 0.3) is 0 Å². The first-order valence-electron chi connectivity index (χ1n) is 6.57. The van der Waals surface area contributed by atoms with Crippen molar-refractivity contribution in [3.63, 3.8) is 0 Å². The van der Waals surface area contributed by atoms with Crippen molar-refractivity contribution >= 4 is 7.85 Å². The van der Waals surface area contributed by atoms with Crippen molar-refractivity contribution in [2.45, 2.75) is 71.2 Å². The average molecular weight is 226 g/mol. The molecule has 2 unspecified atom stereocenters. The summed E-state index contributed by atoms with van der Waals surface area (Å²) in [6.45, 7) is 6.26. The van der Waals surface area contributed by atoms with Gasteiger partial charge in [0.2, 0.25) is 0 Å². The number of unbranched alkanes of at least 4 members (excludes halogenated alkanes) is 1. The minimum atomic E-state index is -1.13. The molecule has 0 aromatic carbocycles. The highest BCUT2D eigenvalue weighted by Crippen LogP contribution is 2.38. The summed E-state index contributed by atoms with van der Waals surface area (Å²) in [7, 11) is 5.82. The molecule has 0 aliphatic carbocycles. The molecule has 0 saturated heterocycles. The molecule has 0 aromatic heterocycles. The summed E-state index contributed by atoms with van der Waals surface area (Å²) in [5, 5.41) is 19.6. The van der Waals surface area contributed by atoms with Crippen LogP contribution in [-0.2, 0) is 0 Å². The first-order chi connectivity index (χ1) is 7.45. The highest BCUT2D eigenvalue weighted by atomic mass is 16.3. The minimum absolute atomic E-state index is 0.125. The Morgan fingerprint density at radius 3 is 2.06 bits per heavy atom. The van der Waals surface area contributed by atoms with Crippen LogP contribution in [0.4, 0.5) is 0 Å². The summed E-state index contributed by atoms with van der Waals surface area (Å²) in [4.78, 5) is 0.